The van der Waals surface area contributed by atoms with Crippen molar-refractivity contribution in [2.75, 3.05) is 13.2 Å². The van der Waals surface area contributed by atoms with Gasteiger partial charge in [0.2, 0.25) is 0 Å². The predicted molar refractivity (Wildman–Crippen MR) is 144 cm³/mol. The first-order valence-electron chi connectivity index (χ1n) is 11.2. The average molecular weight is 569 g/mol. The standard InChI is InChI=1S/C27H23BrClN3O4/c1-2-34-24-14-19(13-22(29)27(24)36-16-18-8-10-21(28)11-9-18)15-31-32-25(33)17-35-23-7-3-5-20-6-4-12-30-26(20)23/h3-15H,2,16-17H2,1H3,(H,32,33)/b31-15+. The molecule has 0 aliphatic heterocycles. The Balaban J connectivity index is 1.37. The van der Waals surface area contributed by atoms with Crippen LogP contribution in [-0.4, -0.2) is 30.3 Å². The van der Waals surface area contributed by atoms with Crippen molar-refractivity contribution < 1.29 is 19.0 Å². The number of nitrogens with zero attached hydrogens (tertiary/aromatic N) is 2. The molecule has 9 heteroatoms. The normalized spacial score (nSPS) is 11.0. The topological polar surface area (TPSA) is 82.0 Å². The second-order valence-corrected chi connectivity index (χ2v) is 8.91. The van der Waals surface area contributed by atoms with Crippen LogP contribution in [0.15, 0.2) is 82.5 Å². The van der Waals surface area contributed by atoms with Crippen LogP contribution < -0.4 is 19.6 Å². The molecule has 4 rings (SSSR count). The summed E-state index contributed by atoms with van der Waals surface area (Å²) in [6.07, 6.45) is 3.16. The molecule has 0 fully saturated rings. The summed E-state index contributed by atoms with van der Waals surface area (Å²) in [6.45, 7) is 2.44. The average Bonchev–Trinajstić information content (AvgIpc) is 2.88. The molecule has 1 aromatic heterocycles. The largest absolute Gasteiger partial charge is 0.490 e. The van der Waals surface area contributed by atoms with Crippen molar-refractivity contribution in [3.05, 3.63) is 93.5 Å². The number of hydrogen-bond acceptors (Lipinski definition) is 6. The number of carbonyl (C=O) groups is 1. The number of para-hydroxylation sites is 1. The molecular weight excluding hydrogens is 546 g/mol. The molecule has 0 saturated carbocycles. The molecule has 0 spiro atoms. The van der Waals surface area contributed by atoms with Crippen molar-refractivity contribution in [1.82, 2.24) is 10.4 Å². The van der Waals surface area contributed by atoms with E-state index in [9.17, 15) is 4.79 Å². The van der Waals surface area contributed by atoms with Gasteiger partial charge in [-0.1, -0.05) is 57.9 Å². The van der Waals surface area contributed by atoms with Crippen LogP contribution in [0, 0.1) is 0 Å². The lowest BCUT2D eigenvalue weighted by Gasteiger charge is -2.14. The molecule has 7 nitrogen and oxygen atoms in total. The Labute approximate surface area is 222 Å². The number of aromatic nitrogens is 1. The third-order valence-electron chi connectivity index (χ3n) is 4.99. The number of nitrogens with one attached hydrogen (secondary N) is 1. The zero-order valence-electron chi connectivity index (χ0n) is 19.4. The SMILES string of the molecule is CCOc1cc(/C=N/NC(=O)COc2cccc3cccnc23)cc(Cl)c1OCc1ccc(Br)cc1. The molecule has 0 unspecified atom stereocenters. The van der Waals surface area contributed by atoms with Crippen molar-refractivity contribution in [2.45, 2.75) is 13.5 Å². The zero-order valence-corrected chi connectivity index (χ0v) is 21.8. The fourth-order valence-electron chi connectivity index (χ4n) is 3.35. The van der Waals surface area contributed by atoms with E-state index in [-0.39, 0.29) is 6.61 Å². The van der Waals surface area contributed by atoms with Gasteiger partial charge in [0.1, 0.15) is 17.9 Å². The van der Waals surface area contributed by atoms with E-state index in [2.05, 4.69) is 31.4 Å². The first kappa shape index (κ1) is 25.5. The molecule has 0 atom stereocenters. The van der Waals surface area contributed by atoms with Crippen LogP contribution in [0.2, 0.25) is 5.02 Å². The van der Waals surface area contributed by atoms with E-state index in [0.717, 1.165) is 15.4 Å². The molecule has 3 aromatic carbocycles. The van der Waals surface area contributed by atoms with Gasteiger partial charge in [0.25, 0.3) is 5.91 Å². The highest BCUT2D eigenvalue weighted by Crippen LogP contribution is 2.37. The van der Waals surface area contributed by atoms with Crippen molar-refractivity contribution in [2.24, 2.45) is 5.10 Å². The number of hydrogen-bond donors (Lipinski definition) is 1. The molecule has 0 bridgehead atoms. The lowest BCUT2D eigenvalue weighted by molar-refractivity contribution is -0.123. The van der Waals surface area contributed by atoms with Crippen LogP contribution in [0.3, 0.4) is 0 Å². The number of benzene rings is 3. The fraction of sp³-hybridized carbons (Fsp3) is 0.148. The van der Waals surface area contributed by atoms with Crippen molar-refractivity contribution in [3.8, 4) is 17.2 Å². The third kappa shape index (κ3) is 6.74. The Kier molecular flexibility index (Phi) is 8.76. The number of halogens is 2. The van der Waals surface area contributed by atoms with Gasteiger partial charge < -0.3 is 14.2 Å². The zero-order chi connectivity index (χ0) is 25.3. The number of amides is 1. The number of ether oxygens (including phenoxy) is 3. The first-order chi connectivity index (χ1) is 17.5. The molecular formula is C27H23BrClN3O4. The molecule has 0 aliphatic carbocycles. The van der Waals surface area contributed by atoms with Gasteiger partial charge in [0.05, 0.1) is 17.8 Å². The number of carbonyl (C=O) groups excluding carboxylic acids is 1. The lowest BCUT2D eigenvalue weighted by atomic mass is 10.2. The predicted octanol–water partition coefficient (Wildman–Crippen LogP) is 6.16. The van der Waals surface area contributed by atoms with E-state index < -0.39 is 5.91 Å². The summed E-state index contributed by atoms with van der Waals surface area (Å²) in [5.41, 5.74) is 4.77. The van der Waals surface area contributed by atoms with Crippen LogP contribution in [0.25, 0.3) is 10.9 Å². The van der Waals surface area contributed by atoms with Crippen molar-refractivity contribution in [3.63, 3.8) is 0 Å². The van der Waals surface area contributed by atoms with E-state index >= 15 is 0 Å². The van der Waals surface area contributed by atoms with Crippen LogP contribution in [-0.2, 0) is 11.4 Å². The van der Waals surface area contributed by atoms with Gasteiger partial charge in [0, 0.05) is 16.1 Å². The number of hydrazone groups is 1. The Morgan fingerprint density at radius 3 is 2.67 bits per heavy atom. The summed E-state index contributed by atoms with van der Waals surface area (Å²) in [5.74, 6) is 1.05. The first-order valence-corrected chi connectivity index (χ1v) is 12.3. The van der Waals surface area contributed by atoms with E-state index in [1.807, 2.05) is 55.5 Å². The minimum Gasteiger partial charge on any atom is -0.490 e. The summed E-state index contributed by atoms with van der Waals surface area (Å²) in [7, 11) is 0. The molecule has 0 saturated heterocycles. The minimum atomic E-state index is -0.412. The van der Waals surface area contributed by atoms with Crippen LogP contribution in [0.5, 0.6) is 17.2 Å². The highest BCUT2D eigenvalue weighted by molar-refractivity contribution is 9.10. The second-order valence-electron chi connectivity index (χ2n) is 7.59. The molecule has 184 valence electrons. The van der Waals surface area contributed by atoms with Crippen LogP contribution in [0.1, 0.15) is 18.1 Å². The highest BCUT2D eigenvalue weighted by atomic mass is 79.9. The summed E-state index contributed by atoms with van der Waals surface area (Å²) in [5, 5.41) is 5.31. The Bertz CT molecular complexity index is 1370. The van der Waals surface area contributed by atoms with E-state index in [1.165, 1.54) is 6.21 Å². The van der Waals surface area contributed by atoms with Crippen molar-refractivity contribution in [1.29, 1.82) is 0 Å². The molecule has 1 amide bonds. The highest BCUT2D eigenvalue weighted by Gasteiger charge is 2.13. The lowest BCUT2D eigenvalue weighted by Crippen LogP contribution is -2.24. The third-order valence-corrected chi connectivity index (χ3v) is 5.79. The molecule has 0 radical (unpaired) electrons. The Hall–Kier alpha value is -3.62. The van der Waals surface area contributed by atoms with Gasteiger partial charge in [-0.25, -0.2) is 5.43 Å². The van der Waals surface area contributed by atoms with Crippen LogP contribution in [0.4, 0.5) is 0 Å². The summed E-state index contributed by atoms with van der Waals surface area (Å²) < 4.78 is 18.3. The van der Waals surface area contributed by atoms with Gasteiger partial charge in [-0.2, -0.15) is 5.10 Å². The van der Waals surface area contributed by atoms with E-state index in [0.29, 0.717) is 46.6 Å². The van der Waals surface area contributed by atoms with Gasteiger partial charge >= 0.3 is 0 Å². The molecule has 1 N–H and O–H groups in total. The second kappa shape index (κ2) is 12.4. The minimum absolute atomic E-state index is 0.208. The maximum absolute atomic E-state index is 12.2. The van der Waals surface area contributed by atoms with Gasteiger partial charge in [-0.05, 0) is 54.4 Å². The summed E-state index contributed by atoms with van der Waals surface area (Å²) >= 11 is 9.90. The van der Waals surface area contributed by atoms with E-state index in [1.54, 1.807) is 24.4 Å². The van der Waals surface area contributed by atoms with Crippen LogP contribution >= 0.6 is 27.5 Å². The number of fused-ring (bicyclic) bond motifs is 1. The maximum Gasteiger partial charge on any atom is 0.277 e. The summed E-state index contributed by atoms with van der Waals surface area (Å²) in [6, 6.07) is 20.6. The molecule has 4 aromatic rings. The smallest absolute Gasteiger partial charge is 0.277 e. The Morgan fingerprint density at radius 1 is 1.06 bits per heavy atom. The van der Waals surface area contributed by atoms with E-state index in [4.69, 9.17) is 25.8 Å². The van der Waals surface area contributed by atoms with Crippen molar-refractivity contribution >= 4 is 50.6 Å². The van der Waals surface area contributed by atoms with Gasteiger partial charge in [-0.15, -0.1) is 0 Å². The molecule has 1 heterocycles. The maximum atomic E-state index is 12.2. The fourth-order valence-corrected chi connectivity index (χ4v) is 3.89. The van der Waals surface area contributed by atoms with Gasteiger partial charge in [-0.3, -0.25) is 9.78 Å². The monoisotopic (exact) mass is 567 g/mol. The molecule has 36 heavy (non-hydrogen) atoms. The quantitative estimate of drug-likeness (QED) is 0.183. The number of pyridine rings is 1. The molecule has 0 aliphatic rings. The Morgan fingerprint density at radius 2 is 1.86 bits per heavy atom. The number of rotatable bonds is 10. The summed E-state index contributed by atoms with van der Waals surface area (Å²) in [4.78, 5) is 16.5. The van der Waals surface area contributed by atoms with Gasteiger partial charge in [0.15, 0.2) is 18.1 Å².